The Morgan fingerprint density at radius 3 is 2.77 bits per heavy atom. The van der Waals surface area contributed by atoms with Crippen LogP contribution in [0.2, 0.25) is 0 Å². The number of aromatic nitrogens is 1. The molecule has 0 fully saturated rings. The molecular weight excluding hydrogens is 370 g/mol. The molecule has 22 heavy (non-hydrogen) atoms. The van der Waals surface area contributed by atoms with Crippen LogP contribution in [0.4, 0.5) is 0 Å². The number of hydrogen-bond donors (Lipinski definition) is 3. The minimum absolute atomic E-state index is 0. The lowest BCUT2D eigenvalue weighted by molar-refractivity contribution is 0.0955. The lowest BCUT2D eigenvalue weighted by Crippen LogP contribution is -2.32. The van der Waals surface area contributed by atoms with Gasteiger partial charge in [0, 0.05) is 29.0 Å². The number of carbonyl (C=O) groups is 1. The fourth-order valence-corrected chi connectivity index (χ4v) is 2.56. The van der Waals surface area contributed by atoms with Gasteiger partial charge in [0.05, 0.1) is 11.1 Å². The smallest absolute Gasteiger partial charge is 0.252 e. The number of rotatable bonds is 6. The van der Waals surface area contributed by atoms with Gasteiger partial charge in [-0.3, -0.25) is 9.59 Å². The van der Waals surface area contributed by atoms with Gasteiger partial charge < -0.3 is 15.6 Å². The number of pyridine rings is 1. The van der Waals surface area contributed by atoms with E-state index in [1.54, 1.807) is 0 Å². The maximum absolute atomic E-state index is 12.2. The van der Waals surface area contributed by atoms with Gasteiger partial charge >= 0.3 is 0 Å². The molecular formula is C15H19BrClN3O2. The van der Waals surface area contributed by atoms with Crippen LogP contribution in [0.25, 0.3) is 10.9 Å². The maximum atomic E-state index is 12.2. The number of aromatic amines is 1. The molecule has 0 saturated carbocycles. The summed E-state index contributed by atoms with van der Waals surface area (Å²) in [6.07, 6.45) is 1.06. The summed E-state index contributed by atoms with van der Waals surface area (Å²) in [6.45, 7) is 4.26. The molecule has 0 aliphatic carbocycles. The first-order chi connectivity index (χ1) is 10.1. The Morgan fingerprint density at radius 1 is 1.27 bits per heavy atom. The fraction of sp³-hybridized carbons (Fsp3) is 0.333. The zero-order valence-corrected chi connectivity index (χ0v) is 14.6. The predicted octanol–water partition coefficient (Wildman–Crippen LogP) is 2.44. The second-order valence-corrected chi connectivity index (χ2v) is 5.57. The topological polar surface area (TPSA) is 74.0 Å². The van der Waals surface area contributed by atoms with E-state index in [1.165, 1.54) is 6.07 Å². The van der Waals surface area contributed by atoms with Crippen molar-refractivity contribution in [3.05, 3.63) is 44.7 Å². The van der Waals surface area contributed by atoms with Crippen molar-refractivity contribution in [1.82, 2.24) is 15.6 Å². The third kappa shape index (κ3) is 4.56. The zero-order chi connectivity index (χ0) is 15.2. The summed E-state index contributed by atoms with van der Waals surface area (Å²) in [5.41, 5.74) is 0.744. The second kappa shape index (κ2) is 8.92. The molecule has 0 aliphatic heterocycles. The van der Waals surface area contributed by atoms with Gasteiger partial charge in [0.1, 0.15) is 0 Å². The number of carbonyl (C=O) groups excluding carboxylic acids is 1. The molecule has 0 radical (unpaired) electrons. The summed E-state index contributed by atoms with van der Waals surface area (Å²) in [6, 6.07) is 6.82. The Bertz CT molecular complexity index is 703. The average molecular weight is 389 g/mol. The first-order valence-corrected chi connectivity index (χ1v) is 7.73. The summed E-state index contributed by atoms with van der Waals surface area (Å²) in [5.74, 6) is -0.234. The Hall–Kier alpha value is -1.37. The summed E-state index contributed by atoms with van der Waals surface area (Å²) >= 11 is 3.38. The van der Waals surface area contributed by atoms with Crippen molar-refractivity contribution in [3.63, 3.8) is 0 Å². The zero-order valence-electron chi connectivity index (χ0n) is 12.2. The van der Waals surface area contributed by atoms with Gasteiger partial charge in [0.2, 0.25) is 5.56 Å². The number of H-pyrrole nitrogens is 1. The summed E-state index contributed by atoms with van der Waals surface area (Å²) in [4.78, 5) is 26.7. The van der Waals surface area contributed by atoms with E-state index in [2.05, 4.69) is 38.5 Å². The van der Waals surface area contributed by atoms with Crippen molar-refractivity contribution in [3.8, 4) is 0 Å². The first kappa shape index (κ1) is 18.7. The highest BCUT2D eigenvalue weighted by Crippen LogP contribution is 2.23. The van der Waals surface area contributed by atoms with Gasteiger partial charge in [0.15, 0.2) is 0 Å². The highest BCUT2D eigenvalue weighted by Gasteiger charge is 2.12. The monoisotopic (exact) mass is 387 g/mol. The average Bonchev–Trinajstić information content (AvgIpc) is 2.47. The Kier molecular flexibility index (Phi) is 7.58. The molecule has 5 nitrogen and oxygen atoms in total. The molecule has 0 spiro atoms. The van der Waals surface area contributed by atoms with E-state index >= 15 is 0 Å². The molecule has 0 unspecified atom stereocenters. The Morgan fingerprint density at radius 2 is 2.05 bits per heavy atom. The third-order valence-electron chi connectivity index (χ3n) is 3.09. The van der Waals surface area contributed by atoms with E-state index in [-0.39, 0.29) is 23.9 Å². The van der Waals surface area contributed by atoms with Gasteiger partial charge in [-0.1, -0.05) is 19.1 Å². The SMILES string of the molecule is CCCNCCNC(=O)c1cc(=O)[nH]c2c(Br)cccc12.Cl. The van der Waals surface area contributed by atoms with Crippen molar-refractivity contribution in [1.29, 1.82) is 0 Å². The van der Waals surface area contributed by atoms with E-state index in [1.807, 2.05) is 18.2 Å². The molecule has 0 aliphatic rings. The van der Waals surface area contributed by atoms with E-state index in [9.17, 15) is 9.59 Å². The van der Waals surface area contributed by atoms with E-state index in [0.717, 1.165) is 22.8 Å². The van der Waals surface area contributed by atoms with Crippen LogP contribution >= 0.6 is 28.3 Å². The molecule has 2 aromatic rings. The van der Waals surface area contributed by atoms with Crippen molar-refractivity contribution in [2.24, 2.45) is 0 Å². The van der Waals surface area contributed by atoms with Crippen LogP contribution in [0, 0.1) is 0 Å². The molecule has 1 heterocycles. The number of hydrogen-bond acceptors (Lipinski definition) is 3. The van der Waals surface area contributed by atoms with Gasteiger partial charge in [-0.2, -0.15) is 0 Å². The lowest BCUT2D eigenvalue weighted by atomic mass is 10.1. The molecule has 1 aromatic heterocycles. The summed E-state index contributed by atoms with van der Waals surface area (Å²) in [5, 5.41) is 6.76. The van der Waals surface area contributed by atoms with E-state index in [4.69, 9.17) is 0 Å². The number of benzene rings is 1. The largest absolute Gasteiger partial charge is 0.351 e. The van der Waals surface area contributed by atoms with E-state index in [0.29, 0.717) is 24.2 Å². The predicted molar refractivity (Wildman–Crippen MR) is 95.0 cm³/mol. The molecule has 1 aromatic carbocycles. The first-order valence-electron chi connectivity index (χ1n) is 6.94. The van der Waals surface area contributed by atoms with Gasteiger partial charge in [-0.15, -0.1) is 12.4 Å². The van der Waals surface area contributed by atoms with Crippen molar-refractivity contribution < 1.29 is 4.79 Å². The van der Waals surface area contributed by atoms with Crippen LogP contribution in [0.15, 0.2) is 33.5 Å². The molecule has 0 bridgehead atoms. The minimum Gasteiger partial charge on any atom is -0.351 e. The molecule has 7 heteroatoms. The van der Waals surface area contributed by atoms with Crippen LogP contribution < -0.4 is 16.2 Å². The van der Waals surface area contributed by atoms with Crippen LogP contribution in [0.1, 0.15) is 23.7 Å². The standard InChI is InChI=1S/C15H18BrN3O2.ClH/c1-2-6-17-7-8-18-15(21)11-9-13(20)19-14-10(11)4-3-5-12(14)16;/h3-5,9,17H,2,6-8H2,1H3,(H,18,21)(H,19,20);1H. The Labute approximate surface area is 143 Å². The van der Waals surface area contributed by atoms with Gasteiger partial charge in [-0.05, 0) is 35.0 Å². The van der Waals surface area contributed by atoms with Crippen molar-refractivity contribution in [2.75, 3.05) is 19.6 Å². The number of halogens is 2. The summed E-state index contributed by atoms with van der Waals surface area (Å²) in [7, 11) is 0. The van der Waals surface area contributed by atoms with Gasteiger partial charge in [-0.25, -0.2) is 0 Å². The van der Waals surface area contributed by atoms with E-state index < -0.39 is 0 Å². The third-order valence-corrected chi connectivity index (χ3v) is 3.75. The molecule has 3 N–H and O–H groups in total. The number of fused-ring (bicyclic) bond motifs is 1. The van der Waals surface area contributed by atoms with Crippen molar-refractivity contribution >= 4 is 45.1 Å². The number of para-hydroxylation sites is 1. The second-order valence-electron chi connectivity index (χ2n) is 4.72. The molecule has 2 rings (SSSR count). The highest BCUT2D eigenvalue weighted by molar-refractivity contribution is 9.10. The highest BCUT2D eigenvalue weighted by atomic mass is 79.9. The Balaban J connectivity index is 0.00000242. The molecule has 120 valence electrons. The van der Waals surface area contributed by atoms with Crippen LogP contribution in [-0.4, -0.2) is 30.5 Å². The van der Waals surface area contributed by atoms with Crippen LogP contribution in [0.5, 0.6) is 0 Å². The lowest BCUT2D eigenvalue weighted by Gasteiger charge is -2.09. The quantitative estimate of drug-likeness (QED) is 0.666. The molecule has 0 atom stereocenters. The summed E-state index contributed by atoms with van der Waals surface area (Å²) < 4.78 is 0.761. The molecule has 1 amide bonds. The van der Waals surface area contributed by atoms with Gasteiger partial charge in [0.25, 0.3) is 5.91 Å². The van der Waals surface area contributed by atoms with Crippen molar-refractivity contribution in [2.45, 2.75) is 13.3 Å². The maximum Gasteiger partial charge on any atom is 0.252 e. The number of nitrogens with one attached hydrogen (secondary N) is 3. The normalized spacial score (nSPS) is 10.3. The number of amides is 1. The fourth-order valence-electron chi connectivity index (χ4n) is 2.09. The molecule has 0 saturated heterocycles. The van der Waals surface area contributed by atoms with Crippen LogP contribution in [0.3, 0.4) is 0 Å². The van der Waals surface area contributed by atoms with Crippen LogP contribution in [-0.2, 0) is 0 Å². The minimum atomic E-state index is -0.288.